The predicted octanol–water partition coefficient (Wildman–Crippen LogP) is 2.87. The molecule has 0 saturated carbocycles. The van der Waals surface area contributed by atoms with Gasteiger partial charge in [-0.1, -0.05) is 36.4 Å². The quantitative estimate of drug-likeness (QED) is 0.460. The smallest absolute Gasteiger partial charge is 0.225 e. The largest absolute Gasteiger partial charge is 0.294 e. The molecule has 0 unspecified atom stereocenters. The zero-order chi connectivity index (χ0) is 12.3. The van der Waals surface area contributed by atoms with Crippen molar-refractivity contribution in [1.29, 1.82) is 0 Å². The highest BCUT2D eigenvalue weighted by Crippen LogP contribution is 2.20. The molecule has 0 spiro atoms. The summed E-state index contributed by atoms with van der Waals surface area (Å²) in [7, 11) is 0. The van der Waals surface area contributed by atoms with Gasteiger partial charge in [0.15, 0.2) is 6.29 Å². The summed E-state index contributed by atoms with van der Waals surface area (Å²) in [5.74, 6) is -0.836. The van der Waals surface area contributed by atoms with Gasteiger partial charge in [-0.3, -0.25) is 9.59 Å². The summed E-state index contributed by atoms with van der Waals surface area (Å²) in [6.07, 6.45) is 0.285. The predicted molar refractivity (Wildman–Crippen MR) is 62.2 cm³/mol. The summed E-state index contributed by atoms with van der Waals surface area (Å²) in [6, 6.07) is 12.7. The second-order valence-corrected chi connectivity index (χ2v) is 3.57. The zero-order valence-electron chi connectivity index (χ0n) is 8.89. The monoisotopic (exact) mass is 228 g/mol. The molecule has 0 heterocycles. The lowest BCUT2D eigenvalue weighted by Gasteiger charge is -2.02. The maximum atomic E-state index is 12.7. The first-order valence-corrected chi connectivity index (χ1v) is 5.06. The summed E-state index contributed by atoms with van der Waals surface area (Å²) >= 11 is 0. The van der Waals surface area contributed by atoms with Crippen molar-refractivity contribution < 1.29 is 14.0 Å². The van der Waals surface area contributed by atoms with Crippen molar-refractivity contribution in [2.45, 2.75) is 0 Å². The van der Waals surface area contributed by atoms with Crippen LogP contribution in [0.4, 0.5) is 4.39 Å². The summed E-state index contributed by atoms with van der Waals surface area (Å²) in [4.78, 5) is 21.4. The van der Waals surface area contributed by atoms with Crippen molar-refractivity contribution >= 4 is 12.1 Å². The van der Waals surface area contributed by atoms with E-state index in [1.807, 2.05) is 0 Å². The molecule has 0 aromatic heterocycles. The van der Waals surface area contributed by atoms with Crippen LogP contribution < -0.4 is 0 Å². The van der Waals surface area contributed by atoms with E-state index in [4.69, 9.17) is 0 Å². The zero-order valence-corrected chi connectivity index (χ0v) is 8.89. The Morgan fingerprint density at radius 2 is 1.35 bits per heavy atom. The number of rotatable bonds is 3. The Morgan fingerprint density at radius 3 is 1.82 bits per heavy atom. The van der Waals surface area contributed by atoms with Crippen LogP contribution in [0.3, 0.4) is 0 Å². The van der Waals surface area contributed by atoms with Crippen LogP contribution in [0.1, 0.15) is 10.4 Å². The van der Waals surface area contributed by atoms with Gasteiger partial charge in [0, 0.05) is 5.56 Å². The van der Waals surface area contributed by atoms with E-state index in [-0.39, 0.29) is 12.1 Å². The summed E-state index contributed by atoms with van der Waals surface area (Å²) in [5.41, 5.74) is 2.08. The average molecular weight is 228 g/mol. The molecule has 0 aliphatic heterocycles. The van der Waals surface area contributed by atoms with Crippen LogP contribution in [0.2, 0.25) is 0 Å². The minimum Gasteiger partial charge on any atom is -0.294 e. The fourth-order valence-electron chi connectivity index (χ4n) is 1.54. The second-order valence-electron chi connectivity index (χ2n) is 3.57. The van der Waals surface area contributed by atoms with E-state index in [1.54, 1.807) is 36.4 Å². The molecule has 2 aromatic rings. The molecule has 0 N–H and O–H groups in total. The van der Waals surface area contributed by atoms with E-state index in [9.17, 15) is 14.0 Å². The lowest BCUT2D eigenvalue weighted by Crippen LogP contribution is -1.98. The van der Waals surface area contributed by atoms with Gasteiger partial charge in [-0.25, -0.2) is 4.39 Å². The molecule has 0 saturated heterocycles. The van der Waals surface area contributed by atoms with Gasteiger partial charge in [-0.05, 0) is 23.3 Å². The molecule has 0 bridgehead atoms. The standard InChI is InChI=1S/C14H9FO2/c15-13-7-5-11(6-8-13)10-1-3-12(4-2-10)14(17)9-16/h1-9H. The third kappa shape index (κ3) is 2.45. The normalized spacial score (nSPS) is 9.94. The van der Waals surface area contributed by atoms with E-state index < -0.39 is 5.78 Å². The van der Waals surface area contributed by atoms with Crippen molar-refractivity contribution in [2.75, 3.05) is 0 Å². The van der Waals surface area contributed by atoms with Crippen molar-refractivity contribution in [3.05, 3.63) is 59.9 Å². The maximum Gasteiger partial charge on any atom is 0.225 e. The van der Waals surface area contributed by atoms with Crippen LogP contribution in [0.15, 0.2) is 48.5 Å². The Hall–Kier alpha value is -2.29. The van der Waals surface area contributed by atoms with E-state index in [0.29, 0.717) is 5.56 Å². The third-order valence-electron chi connectivity index (χ3n) is 2.45. The van der Waals surface area contributed by atoms with Crippen LogP contribution in [0.5, 0.6) is 0 Å². The van der Waals surface area contributed by atoms with Gasteiger partial charge >= 0.3 is 0 Å². The molecule has 3 heteroatoms. The van der Waals surface area contributed by atoms with Gasteiger partial charge in [0.1, 0.15) is 5.82 Å². The molecular formula is C14H9FO2. The third-order valence-corrected chi connectivity index (χ3v) is 2.45. The fraction of sp³-hybridized carbons (Fsp3) is 0. The Bertz CT molecular complexity index is 541. The van der Waals surface area contributed by atoms with Crippen LogP contribution >= 0.6 is 0 Å². The highest BCUT2D eigenvalue weighted by atomic mass is 19.1. The minimum absolute atomic E-state index is 0.285. The molecule has 0 aliphatic rings. The number of hydrogen-bond donors (Lipinski definition) is 0. The average Bonchev–Trinajstić information content (AvgIpc) is 2.39. The molecule has 0 radical (unpaired) electrons. The Morgan fingerprint density at radius 1 is 0.882 bits per heavy atom. The van der Waals surface area contributed by atoms with Crippen LogP contribution in [-0.4, -0.2) is 12.1 Å². The van der Waals surface area contributed by atoms with E-state index >= 15 is 0 Å². The summed E-state index contributed by atoms with van der Waals surface area (Å²) in [5, 5.41) is 0. The van der Waals surface area contributed by atoms with Crippen molar-refractivity contribution in [3.8, 4) is 11.1 Å². The van der Waals surface area contributed by atoms with E-state index in [2.05, 4.69) is 0 Å². The molecule has 0 aliphatic carbocycles. The molecule has 0 amide bonds. The fourth-order valence-corrected chi connectivity index (χ4v) is 1.54. The Balaban J connectivity index is 2.32. The SMILES string of the molecule is O=CC(=O)c1ccc(-c2ccc(F)cc2)cc1. The van der Waals surface area contributed by atoms with Gasteiger partial charge in [0.2, 0.25) is 5.78 Å². The highest BCUT2D eigenvalue weighted by molar-refractivity contribution is 6.33. The molecule has 2 rings (SSSR count). The van der Waals surface area contributed by atoms with Gasteiger partial charge < -0.3 is 0 Å². The van der Waals surface area contributed by atoms with Crippen molar-refractivity contribution in [2.24, 2.45) is 0 Å². The maximum absolute atomic E-state index is 12.7. The number of ketones is 1. The van der Waals surface area contributed by atoms with Crippen LogP contribution in [0.25, 0.3) is 11.1 Å². The van der Waals surface area contributed by atoms with E-state index in [1.165, 1.54) is 12.1 Å². The number of carbonyl (C=O) groups excluding carboxylic acids is 2. The second kappa shape index (κ2) is 4.70. The van der Waals surface area contributed by atoms with Gasteiger partial charge in [-0.2, -0.15) is 0 Å². The Labute approximate surface area is 97.7 Å². The number of Topliss-reactive ketones (excluding diaryl/α,β-unsaturated/α-hetero) is 1. The van der Waals surface area contributed by atoms with Crippen molar-refractivity contribution in [3.63, 3.8) is 0 Å². The molecule has 2 nitrogen and oxygen atoms in total. The van der Waals surface area contributed by atoms with Gasteiger partial charge in [0.25, 0.3) is 0 Å². The summed E-state index contributed by atoms with van der Waals surface area (Å²) < 4.78 is 12.7. The first kappa shape index (κ1) is 11.2. The van der Waals surface area contributed by atoms with Gasteiger partial charge in [0.05, 0.1) is 0 Å². The minimum atomic E-state index is -0.546. The highest BCUT2D eigenvalue weighted by Gasteiger charge is 2.04. The number of halogens is 1. The first-order valence-electron chi connectivity index (χ1n) is 5.06. The topological polar surface area (TPSA) is 34.1 Å². The molecule has 84 valence electrons. The molecule has 0 fully saturated rings. The molecule has 2 aromatic carbocycles. The number of benzene rings is 2. The number of hydrogen-bond acceptors (Lipinski definition) is 2. The molecule has 17 heavy (non-hydrogen) atoms. The lowest BCUT2D eigenvalue weighted by atomic mass is 10.0. The molecule has 0 atom stereocenters. The van der Waals surface area contributed by atoms with Crippen LogP contribution in [0, 0.1) is 5.82 Å². The number of aldehydes is 1. The van der Waals surface area contributed by atoms with Crippen molar-refractivity contribution in [1.82, 2.24) is 0 Å². The first-order chi connectivity index (χ1) is 8.20. The van der Waals surface area contributed by atoms with Gasteiger partial charge in [-0.15, -0.1) is 0 Å². The van der Waals surface area contributed by atoms with E-state index in [0.717, 1.165) is 11.1 Å². The lowest BCUT2D eigenvalue weighted by molar-refractivity contribution is -0.104. The molecular weight excluding hydrogens is 219 g/mol. The van der Waals surface area contributed by atoms with Crippen LogP contribution in [-0.2, 0) is 4.79 Å². The Kier molecular flexibility index (Phi) is 3.10. The summed E-state index contributed by atoms with van der Waals surface area (Å²) in [6.45, 7) is 0. The number of carbonyl (C=O) groups is 2.